The highest BCUT2D eigenvalue weighted by Crippen LogP contribution is 2.30. The number of amides is 1. The van der Waals surface area contributed by atoms with Crippen molar-refractivity contribution in [3.63, 3.8) is 0 Å². The summed E-state index contributed by atoms with van der Waals surface area (Å²) in [5.74, 6) is -2.99. The zero-order valence-electron chi connectivity index (χ0n) is 11.6. The second-order valence-electron chi connectivity index (χ2n) is 5.92. The number of nitrogens with zero attached hydrogens (tertiary/aromatic N) is 1. The molecule has 2 aliphatic rings. The third kappa shape index (κ3) is 2.91. The van der Waals surface area contributed by atoms with Gasteiger partial charge in [-0.05, 0) is 5.56 Å². The average molecular weight is 295 g/mol. The molecule has 1 aromatic rings. The smallest absolute Gasteiger partial charge is 0.262 e. The van der Waals surface area contributed by atoms with Gasteiger partial charge in [-0.1, -0.05) is 30.3 Å². The van der Waals surface area contributed by atoms with Gasteiger partial charge in [0, 0.05) is 31.5 Å². The normalized spacial score (nSPS) is 31.6. The standard InChI is InChI=1S/C15H19F2N3O/c16-15(17)6-13(19-9-15)14(21)20-7-11(12(18)8-20)10-4-2-1-3-5-10/h1-5,11-13,19H,6-9,18H2/t11-,12+,13?/m0/s1. The molecule has 2 aliphatic heterocycles. The summed E-state index contributed by atoms with van der Waals surface area (Å²) in [5.41, 5.74) is 7.22. The second kappa shape index (κ2) is 5.35. The van der Waals surface area contributed by atoms with Crippen LogP contribution in [0, 0.1) is 0 Å². The van der Waals surface area contributed by atoms with Crippen molar-refractivity contribution in [1.29, 1.82) is 0 Å². The van der Waals surface area contributed by atoms with E-state index in [0.29, 0.717) is 13.1 Å². The number of benzene rings is 1. The van der Waals surface area contributed by atoms with Crippen LogP contribution in [-0.4, -0.2) is 48.4 Å². The molecule has 0 bridgehead atoms. The fraction of sp³-hybridized carbons (Fsp3) is 0.533. The molecule has 0 radical (unpaired) electrons. The molecule has 6 heteroatoms. The minimum Gasteiger partial charge on any atom is -0.339 e. The lowest BCUT2D eigenvalue weighted by Gasteiger charge is -2.20. The van der Waals surface area contributed by atoms with Gasteiger partial charge in [0.05, 0.1) is 12.6 Å². The van der Waals surface area contributed by atoms with Crippen LogP contribution >= 0.6 is 0 Å². The Morgan fingerprint density at radius 3 is 2.62 bits per heavy atom. The summed E-state index contributed by atoms with van der Waals surface area (Å²) in [6.45, 7) is 0.487. The average Bonchev–Trinajstić information content (AvgIpc) is 3.02. The number of halogens is 2. The van der Waals surface area contributed by atoms with Gasteiger partial charge in [-0.3, -0.25) is 10.1 Å². The first-order valence-electron chi connectivity index (χ1n) is 7.17. The molecule has 2 saturated heterocycles. The largest absolute Gasteiger partial charge is 0.339 e. The van der Waals surface area contributed by atoms with Crippen LogP contribution in [0.2, 0.25) is 0 Å². The third-order valence-electron chi connectivity index (χ3n) is 4.31. The number of carbonyl (C=O) groups excluding carboxylic acids is 1. The molecule has 2 fully saturated rings. The first kappa shape index (κ1) is 14.4. The van der Waals surface area contributed by atoms with E-state index >= 15 is 0 Å². The molecule has 0 aliphatic carbocycles. The van der Waals surface area contributed by atoms with E-state index in [4.69, 9.17) is 5.73 Å². The minimum atomic E-state index is -2.79. The predicted molar refractivity (Wildman–Crippen MR) is 75.1 cm³/mol. The fourth-order valence-electron chi connectivity index (χ4n) is 3.17. The van der Waals surface area contributed by atoms with Crippen molar-refractivity contribution >= 4 is 5.91 Å². The van der Waals surface area contributed by atoms with Crippen molar-refractivity contribution in [2.45, 2.75) is 30.3 Å². The summed E-state index contributed by atoms with van der Waals surface area (Å²) in [7, 11) is 0. The Hall–Kier alpha value is -1.53. The van der Waals surface area contributed by atoms with Gasteiger partial charge in [-0.15, -0.1) is 0 Å². The predicted octanol–water partition coefficient (Wildman–Crippen LogP) is 0.937. The Balaban J connectivity index is 1.67. The topological polar surface area (TPSA) is 58.4 Å². The highest BCUT2D eigenvalue weighted by Gasteiger charge is 2.45. The SMILES string of the molecule is N[C@@H]1CN(C(=O)C2CC(F)(F)CN2)C[C@H]1c1ccccc1. The minimum absolute atomic E-state index is 0.0667. The zero-order chi connectivity index (χ0) is 15.0. The van der Waals surface area contributed by atoms with E-state index in [1.165, 1.54) is 0 Å². The maximum absolute atomic E-state index is 13.2. The van der Waals surface area contributed by atoms with Crippen molar-refractivity contribution < 1.29 is 13.6 Å². The number of nitrogens with one attached hydrogen (secondary N) is 1. The summed E-state index contributed by atoms with van der Waals surface area (Å²) in [4.78, 5) is 13.9. The second-order valence-corrected chi connectivity index (χ2v) is 5.92. The van der Waals surface area contributed by atoms with Gasteiger partial charge < -0.3 is 10.6 Å². The monoisotopic (exact) mass is 295 g/mol. The quantitative estimate of drug-likeness (QED) is 0.853. The lowest BCUT2D eigenvalue weighted by atomic mass is 9.95. The van der Waals surface area contributed by atoms with Crippen LogP contribution in [0.4, 0.5) is 8.78 Å². The Morgan fingerprint density at radius 1 is 1.29 bits per heavy atom. The third-order valence-corrected chi connectivity index (χ3v) is 4.31. The Bertz CT molecular complexity index is 523. The number of rotatable bonds is 2. The highest BCUT2D eigenvalue weighted by molar-refractivity contribution is 5.83. The zero-order valence-corrected chi connectivity index (χ0v) is 11.6. The molecule has 0 spiro atoms. The van der Waals surface area contributed by atoms with E-state index in [9.17, 15) is 13.6 Å². The molecule has 0 saturated carbocycles. The molecule has 3 rings (SSSR count). The van der Waals surface area contributed by atoms with Gasteiger partial charge in [0.2, 0.25) is 5.91 Å². The van der Waals surface area contributed by atoms with Gasteiger partial charge in [0.1, 0.15) is 0 Å². The Labute approximate surface area is 122 Å². The summed E-state index contributed by atoms with van der Waals surface area (Å²) in [6.07, 6.45) is -0.423. The lowest BCUT2D eigenvalue weighted by molar-refractivity contribution is -0.132. The maximum atomic E-state index is 13.2. The molecule has 1 aromatic carbocycles. The summed E-state index contributed by atoms with van der Waals surface area (Å²) < 4.78 is 26.4. The van der Waals surface area contributed by atoms with Gasteiger partial charge in [0.15, 0.2) is 0 Å². The van der Waals surface area contributed by atoms with Crippen molar-refractivity contribution in [3.05, 3.63) is 35.9 Å². The van der Waals surface area contributed by atoms with E-state index in [0.717, 1.165) is 5.56 Å². The molecular formula is C15H19F2N3O. The van der Waals surface area contributed by atoms with E-state index in [2.05, 4.69) is 5.32 Å². The number of likely N-dealkylation sites (tertiary alicyclic amines) is 1. The van der Waals surface area contributed by atoms with Crippen LogP contribution in [0.5, 0.6) is 0 Å². The van der Waals surface area contributed by atoms with Crippen LogP contribution in [-0.2, 0) is 4.79 Å². The van der Waals surface area contributed by atoms with Gasteiger partial charge >= 0.3 is 0 Å². The fourth-order valence-corrected chi connectivity index (χ4v) is 3.17. The van der Waals surface area contributed by atoms with Crippen LogP contribution in [0.25, 0.3) is 0 Å². The van der Waals surface area contributed by atoms with Crippen molar-refractivity contribution in [2.75, 3.05) is 19.6 Å². The van der Waals surface area contributed by atoms with Gasteiger partial charge in [0.25, 0.3) is 5.92 Å². The van der Waals surface area contributed by atoms with Crippen molar-refractivity contribution in [2.24, 2.45) is 5.73 Å². The number of alkyl halides is 2. The van der Waals surface area contributed by atoms with E-state index in [1.807, 2.05) is 30.3 Å². The molecular weight excluding hydrogens is 276 g/mol. The first-order chi connectivity index (χ1) is 9.96. The molecule has 1 unspecified atom stereocenters. The molecule has 4 nitrogen and oxygen atoms in total. The van der Waals surface area contributed by atoms with E-state index in [-0.39, 0.29) is 17.9 Å². The maximum Gasteiger partial charge on any atom is 0.262 e. The lowest BCUT2D eigenvalue weighted by Crippen LogP contribution is -2.43. The van der Waals surface area contributed by atoms with Crippen LogP contribution in [0.15, 0.2) is 30.3 Å². The van der Waals surface area contributed by atoms with Crippen LogP contribution in [0.3, 0.4) is 0 Å². The Kier molecular flexibility index (Phi) is 3.67. The van der Waals surface area contributed by atoms with Gasteiger partial charge in [-0.25, -0.2) is 8.78 Å². The van der Waals surface area contributed by atoms with E-state index in [1.54, 1.807) is 4.90 Å². The summed E-state index contributed by atoms with van der Waals surface area (Å²) in [6, 6.07) is 8.83. The van der Waals surface area contributed by atoms with Crippen molar-refractivity contribution in [1.82, 2.24) is 10.2 Å². The van der Waals surface area contributed by atoms with Crippen LogP contribution in [0.1, 0.15) is 17.9 Å². The molecule has 3 N–H and O–H groups in total. The van der Waals surface area contributed by atoms with Crippen molar-refractivity contribution in [3.8, 4) is 0 Å². The summed E-state index contributed by atoms with van der Waals surface area (Å²) in [5, 5.41) is 2.61. The summed E-state index contributed by atoms with van der Waals surface area (Å²) >= 11 is 0. The number of nitrogens with two attached hydrogens (primary N) is 1. The number of carbonyl (C=O) groups is 1. The molecule has 0 aromatic heterocycles. The van der Waals surface area contributed by atoms with Gasteiger partial charge in [-0.2, -0.15) is 0 Å². The van der Waals surface area contributed by atoms with Crippen LogP contribution < -0.4 is 11.1 Å². The Morgan fingerprint density at radius 2 is 2.00 bits per heavy atom. The molecule has 114 valence electrons. The molecule has 2 heterocycles. The molecule has 21 heavy (non-hydrogen) atoms. The molecule has 1 amide bonds. The van der Waals surface area contributed by atoms with E-state index < -0.39 is 24.9 Å². The molecule has 3 atom stereocenters. The first-order valence-corrected chi connectivity index (χ1v) is 7.17. The number of hydrogen-bond acceptors (Lipinski definition) is 3. The highest BCUT2D eigenvalue weighted by atomic mass is 19.3. The number of hydrogen-bond donors (Lipinski definition) is 2.